The summed E-state index contributed by atoms with van der Waals surface area (Å²) in [6.07, 6.45) is 0. The molecule has 8 heteroatoms. The Morgan fingerprint density at radius 2 is 1.75 bits per heavy atom. The summed E-state index contributed by atoms with van der Waals surface area (Å²) >= 11 is 6.10. The van der Waals surface area contributed by atoms with Crippen LogP contribution in [0.4, 0.5) is 17.2 Å². The molecule has 0 spiro atoms. The average Bonchev–Trinajstić information content (AvgIpc) is 2.69. The van der Waals surface area contributed by atoms with Gasteiger partial charge in [-0.1, -0.05) is 23.7 Å². The number of hydrogen-bond acceptors (Lipinski definition) is 6. The maximum absolute atomic E-state index is 12.6. The third kappa shape index (κ3) is 4.50. The highest BCUT2D eigenvalue weighted by Gasteiger charge is 2.13. The molecule has 0 fully saturated rings. The van der Waals surface area contributed by atoms with Gasteiger partial charge >= 0.3 is 0 Å². The number of amides is 1. The molecular weight excluding hydrogens is 380 g/mol. The van der Waals surface area contributed by atoms with Crippen molar-refractivity contribution in [2.24, 2.45) is 0 Å². The van der Waals surface area contributed by atoms with Crippen LogP contribution >= 0.6 is 11.6 Å². The number of aryl methyl sites for hydroxylation is 1. The van der Waals surface area contributed by atoms with Crippen molar-refractivity contribution in [2.75, 3.05) is 24.9 Å². The lowest BCUT2D eigenvalue weighted by molar-refractivity contribution is 0.102. The van der Waals surface area contributed by atoms with Crippen LogP contribution < -0.4 is 20.1 Å². The second-order valence-corrected chi connectivity index (χ2v) is 6.22. The fourth-order valence-corrected chi connectivity index (χ4v) is 2.74. The molecule has 0 aliphatic heterocycles. The third-order valence-electron chi connectivity index (χ3n) is 3.85. The van der Waals surface area contributed by atoms with E-state index >= 15 is 0 Å². The molecule has 7 nitrogen and oxygen atoms in total. The van der Waals surface area contributed by atoms with Crippen LogP contribution in [0.1, 0.15) is 16.3 Å². The number of halogens is 1. The summed E-state index contributed by atoms with van der Waals surface area (Å²) in [7, 11) is 3.14. The van der Waals surface area contributed by atoms with Gasteiger partial charge in [0.25, 0.3) is 5.91 Å². The molecule has 0 atom stereocenters. The van der Waals surface area contributed by atoms with Gasteiger partial charge in [-0.15, -0.1) is 0 Å². The molecule has 0 unspecified atom stereocenters. The van der Waals surface area contributed by atoms with E-state index in [1.165, 1.54) is 0 Å². The monoisotopic (exact) mass is 398 g/mol. The smallest absolute Gasteiger partial charge is 0.274 e. The van der Waals surface area contributed by atoms with Gasteiger partial charge in [0, 0.05) is 17.8 Å². The van der Waals surface area contributed by atoms with Crippen LogP contribution in [0.2, 0.25) is 5.02 Å². The summed E-state index contributed by atoms with van der Waals surface area (Å²) in [6.45, 7) is 1.71. The molecule has 0 bridgehead atoms. The fraction of sp³-hybridized carbons (Fsp3) is 0.150. The van der Waals surface area contributed by atoms with E-state index < -0.39 is 0 Å². The first-order valence-electron chi connectivity index (χ1n) is 8.41. The largest absolute Gasteiger partial charge is 0.493 e. The Bertz CT molecular complexity index is 1010. The zero-order valence-corrected chi connectivity index (χ0v) is 16.4. The zero-order chi connectivity index (χ0) is 20.1. The van der Waals surface area contributed by atoms with E-state index in [2.05, 4.69) is 20.6 Å². The number of nitrogens with one attached hydrogen (secondary N) is 2. The normalized spacial score (nSPS) is 10.3. The number of benzene rings is 2. The van der Waals surface area contributed by atoms with E-state index in [0.29, 0.717) is 33.9 Å². The Balaban J connectivity index is 1.83. The highest BCUT2D eigenvalue weighted by molar-refractivity contribution is 6.33. The Morgan fingerprint density at radius 3 is 2.46 bits per heavy atom. The number of para-hydroxylation sites is 1. The molecule has 0 aliphatic carbocycles. The molecule has 2 N–H and O–H groups in total. The maximum Gasteiger partial charge on any atom is 0.274 e. The summed E-state index contributed by atoms with van der Waals surface area (Å²) in [5.41, 5.74) is 1.46. The molecule has 144 valence electrons. The Labute approximate surface area is 167 Å². The minimum atomic E-state index is -0.381. The quantitative estimate of drug-likeness (QED) is 0.638. The van der Waals surface area contributed by atoms with E-state index in [1.54, 1.807) is 63.6 Å². The number of carbonyl (C=O) groups is 1. The molecule has 3 aromatic rings. The van der Waals surface area contributed by atoms with Crippen LogP contribution in [0.3, 0.4) is 0 Å². The minimum Gasteiger partial charge on any atom is -0.493 e. The van der Waals surface area contributed by atoms with Crippen LogP contribution in [-0.4, -0.2) is 30.1 Å². The van der Waals surface area contributed by atoms with Crippen molar-refractivity contribution < 1.29 is 14.3 Å². The Kier molecular flexibility index (Phi) is 5.96. The van der Waals surface area contributed by atoms with Gasteiger partial charge in [-0.25, -0.2) is 9.97 Å². The number of anilines is 3. The lowest BCUT2D eigenvalue weighted by atomic mass is 10.2. The number of hydrogen-bond donors (Lipinski definition) is 2. The fourth-order valence-electron chi connectivity index (χ4n) is 2.56. The molecule has 0 saturated carbocycles. The van der Waals surface area contributed by atoms with Crippen LogP contribution in [0.25, 0.3) is 0 Å². The van der Waals surface area contributed by atoms with Crippen LogP contribution in [0, 0.1) is 6.92 Å². The van der Waals surface area contributed by atoms with Gasteiger partial charge in [0.1, 0.15) is 17.3 Å². The second kappa shape index (κ2) is 8.58. The maximum atomic E-state index is 12.6. The number of rotatable bonds is 6. The Hall–Kier alpha value is -3.32. The summed E-state index contributed by atoms with van der Waals surface area (Å²) in [5, 5.41) is 6.35. The first-order valence-corrected chi connectivity index (χ1v) is 8.78. The SMILES string of the molecule is COc1ccc(Nc2cc(C(=O)Nc3ccccc3Cl)nc(C)n2)cc1OC. The lowest BCUT2D eigenvalue weighted by Gasteiger charge is -2.12. The topological polar surface area (TPSA) is 85.4 Å². The number of carbonyl (C=O) groups excluding carboxylic acids is 1. The summed E-state index contributed by atoms with van der Waals surface area (Å²) in [4.78, 5) is 21.1. The standard InChI is InChI=1S/C20H19ClN4O3/c1-12-22-16(20(26)25-15-7-5-4-6-14(15)21)11-19(23-12)24-13-8-9-17(27-2)18(10-13)28-3/h4-11H,1-3H3,(H,25,26)(H,22,23,24). The molecule has 3 rings (SSSR count). The van der Waals surface area contributed by atoms with E-state index in [1.807, 2.05) is 6.07 Å². The van der Waals surface area contributed by atoms with Crippen molar-refractivity contribution >= 4 is 34.7 Å². The zero-order valence-electron chi connectivity index (χ0n) is 15.6. The van der Waals surface area contributed by atoms with Crippen molar-refractivity contribution in [2.45, 2.75) is 6.92 Å². The first-order chi connectivity index (χ1) is 13.5. The van der Waals surface area contributed by atoms with E-state index in [9.17, 15) is 4.79 Å². The lowest BCUT2D eigenvalue weighted by Crippen LogP contribution is -2.15. The van der Waals surface area contributed by atoms with Gasteiger partial charge in [-0.3, -0.25) is 4.79 Å². The van der Waals surface area contributed by atoms with Crippen molar-refractivity contribution in [1.82, 2.24) is 9.97 Å². The minimum absolute atomic E-state index is 0.218. The number of aromatic nitrogens is 2. The van der Waals surface area contributed by atoms with Gasteiger partial charge in [0.2, 0.25) is 0 Å². The average molecular weight is 399 g/mol. The number of ether oxygens (including phenoxy) is 2. The van der Waals surface area contributed by atoms with Gasteiger partial charge in [-0.05, 0) is 31.2 Å². The van der Waals surface area contributed by atoms with Gasteiger partial charge in [0.05, 0.1) is 24.9 Å². The molecule has 28 heavy (non-hydrogen) atoms. The van der Waals surface area contributed by atoms with E-state index in [-0.39, 0.29) is 11.6 Å². The number of methoxy groups -OCH3 is 2. The highest BCUT2D eigenvalue weighted by atomic mass is 35.5. The van der Waals surface area contributed by atoms with Crippen LogP contribution in [-0.2, 0) is 0 Å². The van der Waals surface area contributed by atoms with Gasteiger partial charge in [-0.2, -0.15) is 0 Å². The predicted octanol–water partition coefficient (Wildman–Crippen LogP) is 4.45. The predicted molar refractivity (Wildman–Crippen MR) is 109 cm³/mol. The summed E-state index contributed by atoms with van der Waals surface area (Å²) in [5.74, 6) is 1.74. The third-order valence-corrected chi connectivity index (χ3v) is 4.18. The molecular formula is C20H19ClN4O3. The summed E-state index contributed by atoms with van der Waals surface area (Å²) in [6, 6.07) is 13.9. The van der Waals surface area contributed by atoms with Crippen molar-refractivity contribution in [3.05, 3.63) is 65.1 Å². The molecule has 0 aliphatic rings. The molecule has 2 aromatic carbocycles. The van der Waals surface area contributed by atoms with Crippen molar-refractivity contribution in [1.29, 1.82) is 0 Å². The Morgan fingerprint density at radius 1 is 1.00 bits per heavy atom. The van der Waals surface area contributed by atoms with E-state index in [4.69, 9.17) is 21.1 Å². The number of nitrogens with zero attached hydrogens (tertiary/aromatic N) is 2. The highest BCUT2D eigenvalue weighted by Crippen LogP contribution is 2.31. The van der Waals surface area contributed by atoms with Crippen molar-refractivity contribution in [3.8, 4) is 11.5 Å². The molecule has 1 heterocycles. The van der Waals surface area contributed by atoms with Gasteiger partial charge < -0.3 is 20.1 Å². The van der Waals surface area contributed by atoms with Gasteiger partial charge in [0.15, 0.2) is 11.5 Å². The second-order valence-electron chi connectivity index (χ2n) is 5.81. The van der Waals surface area contributed by atoms with Crippen LogP contribution in [0.5, 0.6) is 11.5 Å². The molecule has 1 amide bonds. The molecule has 0 saturated heterocycles. The van der Waals surface area contributed by atoms with E-state index in [0.717, 1.165) is 5.69 Å². The molecule has 0 radical (unpaired) electrons. The summed E-state index contributed by atoms with van der Waals surface area (Å²) < 4.78 is 10.5. The molecule has 1 aromatic heterocycles. The first kappa shape index (κ1) is 19.4. The van der Waals surface area contributed by atoms with Crippen LogP contribution in [0.15, 0.2) is 48.5 Å². The van der Waals surface area contributed by atoms with Crippen molar-refractivity contribution in [3.63, 3.8) is 0 Å².